The molecule has 4 bridgehead atoms. The van der Waals surface area contributed by atoms with Gasteiger partial charge in [0, 0.05) is 95.4 Å². The molecular weight excluding hydrogens is 668 g/mol. The number of methoxy groups -OCH3 is 2. The lowest BCUT2D eigenvalue weighted by molar-refractivity contribution is -0.141. The highest BCUT2D eigenvalue weighted by molar-refractivity contribution is 6.30. The van der Waals surface area contributed by atoms with Crippen molar-refractivity contribution >= 4 is 34.9 Å². The van der Waals surface area contributed by atoms with Gasteiger partial charge in [-0.3, -0.25) is 28.8 Å². The Kier molecular flexibility index (Phi) is 7.35. The number of fused-ring (bicyclic) bond motifs is 10. The van der Waals surface area contributed by atoms with Crippen LogP contribution in [0.5, 0.6) is 23.0 Å². The Morgan fingerprint density at radius 1 is 0.558 bits per heavy atom. The highest BCUT2D eigenvalue weighted by atomic mass is 16.5. The normalized spacial score (nSPS) is 24.7. The minimum Gasteiger partial charge on any atom is -0.497 e. The minimum absolute atomic E-state index is 0.0631. The average molecular weight is 703 g/mol. The maximum atomic E-state index is 13.7. The molecule has 0 unspecified atom stereocenters. The summed E-state index contributed by atoms with van der Waals surface area (Å²) in [6.45, 7) is 0.200. The van der Waals surface area contributed by atoms with Crippen molar-refractivity contribution in [2.45, 2.75) is 12.8 Å². The van der Waals surface area contributed by atoms with E-state index in [9.17, 15) is 28.8 Å². The molecule has 1 fully saturated rings. The molecule has 1 saturated heterocycles. The highest BCUT2D eigenvalue weighted by Crippen LogP contribution is 2.52. The summed E-state index contributed by atoms with van der Waals surface area (Å²) in [7, 11) is 2.91. The number of ether oxygens (including phenoxy) is 4. The summed E-state index contributed by atoms with van der Waals surface area (Å²) in [5.74, 6) is -1.000. The van der Waals surface area contributed by atoms with Gasteiger partial charge in [0.2, 0.25) is 0 Å². The van der Waals surface area contributed by atoms with Crippen LogP contribution in [0.3, 0.4) is 0 Å². The highest BCUT2D eigenvalue weighted by Gasteiger charge is 2.48. The molecule has 0 aromatic heterocycles. The van der Waals surface area contributed by atoms with Crippen LogP contribution in [-0.2, 0) is 9.59 Å². The predicted molar refractivity (Wildman–Crippen MR) is 183 cm³/mol. The summed E-state index contributed by atoms with van der Waals surface area (Å²) in [6.07, 6.45) is 9.34. The lowest BCUT2D eigenvalue weighted by Gasteiger charge is -2.34. The number of rotatable bonds is 8. The van der Waals surface area contributed by atoms with E-state index in [1.807, 2.05) is 24.3 Å². The first-order chi connectivity index (χ1) is 25.2. The Hall–Kier alpha value is -5.78. The number of allylic oxidation sites excluding steroid dienone is 8. The quantitative estimate of drug-likeness (QED) is 0.374. The van der Waals surface area contributed by atoms with E-state index >= 15 is 0 Å². The summed E-state index contributed by atoms with van der Waals surface area (Å²) in [5.41, 5.74) is 2.89. The molecule has 1 aliphatic heterocycles. The summed E-state index contributed by atoms with van der Waals surface area (Å²) < 4.78 is 22.7. The monoisotopic (exact) mass is 702 g/mol. The SMILES string of the molecule is COc1cc(OCC(=O)N2CCN(C(=O)COc3cc(OC)cc4c3C(=O)C3=C(C4=O)[C@H]4C=C[C@@H]3C4)CC2)c2c(c1)C(=O)C1=C(C2=O)[C@@H]2C=C[C@H]1C2. The van der Waals surface area contributed by atoms with E-state index in [4.69, 9.17) is 18.9 Å². The van der Waals surface area contributed by atoms with Crippen molar-refractivity contribution in [2.75, 3.05) is 53.6 Å². The van der Waals surface area contributed by atoms with Crippen molar-refractivity contribution in [1.82, 2.24) is 9.80 Å². The summed E-state index contributed by atoms with van der Waals surface area (Å²) in [5, 5.41) is 0. The van der Waals surface area contributed by atoms with Gasteiger partial charge in [0.15, 0.2) is 36.3 Å². The number of carbonyl (C=O) groups excluding carboxylic acids is 6. The minimum atomic E-state index is -0.376. The number of hydrogen-bond acceptors (Lipinski definition) is 10. The second kappa shape index (κ2) is 11.9. The zero-order valence-corrected chi connectivity index (χ0v) is 28.6. The van der Waals surface area contributed by atoms with E-state index in [1.54, 1.807) is 21.9 Å². The molecule has 6 aliphatic carbocycles. The van der Waals surface area contributed by atoms with Crippen LogP contribution in [0.1, 0.15) is 54.3 Å². The molecule has 0 spiro atoms. The number of carbonyl (C=O) groups is 6. The van der Waals surface area contributed by atoms with Gasteiger partial charge < -0.3 is 28.7 Å². The third kappa shape index (κ3) is 4.72. The number of hydrogen-bond donors (Lipinski definition) is 0. The third-order valence-corrected chi connectivity index (χ3v) is 11.5. The van der Waals surface area contributed by atoms with Crippen molar-refractivity contribution in [2.24, 2.45) is 23.7 Å². The number of amides is 2. The molecule has 1 heterocycles. The van der Waals surface area contributed by atoms with E-state index in [-0.39, 0.29) is 132 Å². The van der Waals surface area contributed by atoms with Crippen molar-refractivity contribution < 1.29 is 47.7 Å². The van der Waals surface area contributed by atoms with Crippen LogP contribution < -0.4 is 18.9 Å². The average Bonchev–Trinajstić information content (AvgIpc) is 3.99. The van der Waals surface area contributed by atoms with E-state index < -0.39 is 0 Å². The molecule has 2 amide bonds. The topological polar surface area (TPSA) is 146 Å². The fourth-order valence-electron chi connectivity index (χ4n) is 8.91. The van der Waals surface area contributed by atoms with Crippen LogP contribution in [0.15, 0.2) is 70.9 Å². The van der Waals surface area contributed by atoms with Gasteiger partial charge in [-0.05, 0) is 25.0 Å². The molecule has 264 valence electrons. The Balaban J connectivity index is 0.840. The molecule has 0 N–H and O–H groups in total. The zero-order valence-electron chi connectivity index (χ0n) is 28.6. The summed E-state index contributed by atoms with van der Waals surface area (Å²) in [4.78, 5) is 84.2. The predicted octanol–water partition coefficient (Wildman–Crippen LogP) is 3.60. The molecule has 0 saturated carbocycles. The van der Waals surface area contributed by atoms with E-state index in [0.29, 0.717) is 46.6 Å². The van der Waals surface area contributed by atoms with Crippen LogP contribution in [0.4, 0.5) is 0 Å². The van der Waals surface area contributed by atoms with Gasteiger partial charge in [-0.1, -0.05) is 24.3 Å². The van der Waals surface area contributed by atoms with Gasteiger partial charge >= 0.3 is 0 Å². The van der Waals surface area contributed by atoms with Crippen LogP contribution >= 0.6 is 0 Å². The van der Waals surface area contributed by atoms with Crippen molar-refractivity contribution in [1.29, 1.82) is 0 Å². The molecule has 4 atom stereocenters. The Labute approximate surface area is 298 Å². The Morgan fingerprint density at radius 3 is 1.25 bits per heavy atom. The largest absolute Gasteiger partial charge is 0.497 e. The molecule has 2 aromatic rings. The molecule has 12 nitrogen and oxygen atoms in total. The number of Topliss-reactive ketones (excluding diaryl/α,β-unsaturated/α-hetero) is 4. The van der Waals surface area contributed by atoms with Gasteiger partial charge in [0.25, 0.3) is 11.8 Å². The first kappa shape index (κ1) is 32.1. The second-order valence-corrected chi connectivity index (χ2v) is 14.1. The third-order valence-electron chi connectivity index (χ3n) is 11.5. The maximum absolute atomic E-state index is 13.7. The molecular formula is C40H34N2O10. The zero-order chi connectivity index (χ0) is 36.0. The van der Waals surface area contributed by atoms with Crippen LogP contribution in [-0.4, -0.2) is 98.4 Å². The smallest absolute Gasteiger partial charge is 0.260 e. The molecule has 12 heteroatoms. The number of piperazine rings is 1. The van der Waals surface area contributed by atoms with Crippen molar-refractivity contribution in [3.63, 3.8) is 0 Å². The number of nitrogens with zero attached hydrogens (tertiary/aromatic N) is 2. The maximum Gasteiger partial charge on any atom is 0.260 e. The molecule has 2 aromatic carbocycles. The first-order valence-electron chi connectivity index (χ1n) is 17.5. The Morgan fingerprint density at radius 2 is 0.904 bits per heavy atom. The second-order valence-electron chi connectivity index (χ2n) is 14.1. The molecule has 7 aliphatic rings. The first-order valence-corrected chi connectivity index (χ1v) is 17.5. The van der Waals surface area contributed by atoms with Crippen LogP contribution in [0.2, 0.25) is 0 Å². The van der Waals surface area contributed by atoms with Gasteiger partial charge in [-0.2, -0.15) is 0 Å². The van der Waals surface area contributed by atoms with Gasteiger partial charge in [-0.15, -0.1) is 0 Å². The summed E-state index contributed by atoms with van der Waals surface area (Å²) in [6, 6.07) is 6.15. The molecule has 9 rings (SSSR count). The van der Waals surface area contributed by atoms with Gasteiger partial charge in [0.05, 0.1) is 25.3 Å². The molecule has 52 heavy (non-hydrogen) atoms. The lowest BCUT2D eigenvalue weighted by atomic mass is 9.79. The van der Waals surface area contributed by atoms with Crippen LogP contribution in [0, 0.1) is 23.7 Å². The fourth-order valence-corrected chi connectivity index (χ4v) is 8.91. The lowest BCUT2D eigenvalue weighted by Crippen LogP contribution is -2.52. The van der Waals surface area contributed by atoms with Gasteiger partial charge in [-0.25, -0.2) is 0 Å². The van der Waals surface area contributed by atoms with Crippen molar-refractivity contribution in [3.05, 3.63) is 93.1 Å². The Bertz CT molecular complexity index is 2030. The number of ketones is 4. The van der Waals surface area contributed by atoms with Crippen molar-refractivity contribution in [3.8, 4) is 23.0 Å². The van der Waals surface area contributed by atoms with Crippen LogP contribution in [0.25, 0.3) is 0 Å². The fraction of sp³-hybridized carbons (Fsp3) is 0.350. The number of benzene rings is 2. The standard InChI is InChI=1S/C40H34N2O10/c1-49-23-13-25-35(39(47)33-21-5-3-19(11-21)31(33)37(25)45)27(15-23)51-17-29(43)41-7-9-42(10-8-41)30(44)18-52-28-16-24(50-2)14-26-36(28)40(48)34-22-6-4-20(12-22)32(34)38(26)46/h3-6,13-16,19-22H,7-12,17-18H2,1-2H3/t19-,20-,21+,22+/m0/s1. The van der Waals surface area contributed by atoms with E-state index in [0.717, 1.165) is 0 Å². The van der Waals surface area contributed by atoms with E-state index in [2.05, 4.69) is 0 Å². The summed E-state index contributed by atoms with van der Waals surface area (Å²) >= 11 is 0. The molecule has 0 radical (unpaired) electrons. The van der Waals surface area contributed by atoms with Gasteiger partial charge in [0.1, 0.15) is 23.0 Å². The van der Waals surface area contributed by atoms with E-state index in [1.165, 1.54) is 26.4 Å².